The molecular weight excluding hydrogens is 130 g/mol. The van der Waals surface area contributed by atoms with Crippen LogP contribution in [-0.2, 0) is 0 Å². The van der Waals surface area contributed by atoms with Crippen LogP contribution < -0.4 is 11.3 Å². The van der Waals surface area contributed by atoms with Crippen molar-refractivity contribution in [1.82, 2.24) is 5.43 Å². The molecule has 0 aliphatic rings. The molecule has 3 N–H and O–H groups in total. The van der Waals surface area contributed by atoms with Gasteiger partial charge >= 0.3 is 0 Å². The van der Waals surface area contributed by atoms with E-state index in [1.54, 1.807) is 13.8 Å². The Morgan fingerprint density at radius 3 is 2.40 bits per heavy atom. The lowest BCUT2D eigenvalue weighted by Crippen LogP contribution is -2.53. The number of hydroxylamine groups is 1. The van der Waals surface area contributed by atoms with Gasteiger partial charge in [-0.3, -0.25) is 5.84 Å². The van der Waals surface area contributed by atoms with Gasteiger partial charge in [0, 0.05) is 20.3 Å². The normalized spacial score (nSPS) is 18.6. The van der Waals surface area contributed by atoms with E-state index in [9.17, 15) is 5.21 Å². The number of nitrogens with zero attached hydrogens (tertiary/aromatic N) is 1. The molecule has 0 fully saturated rings. The Kier molecular flexibility index (Phi) is 3.32. The first-order chi connectivity index (χ1) is 4.60. The van der Waals surface area contributed by atoms with Crippen LogP contribution in [0.25, 0.3) is 0 Å². The van der Waals surface area contributed by atoms with Crippen molar-refractivity contribution in [1.29, 1.82) is 0 Å². The molecule has 0 aromatic carbocycles. The minimum absolute atomic E-state index is 0.658. The zero-order valence-corrected chi connectivity index (χ0v) is 6.72. The average Bonchev–Trinajstić information content (AvgIpc) is 2.01. The molecule has 0 amide bonds. The SMILES string of the molecule is C/C=[N+](\[O-])C(C)(CC)NN. The summed E-state index contributed by atoms with van der Waals surface area (Å²) in [6.45, 7) is 5.33. The number of nitrogens with two attached hydrogens (primary N) is 1. The van der Waals surface area contributed by atoms with E-state index >= 15 is 0 Å². The molecule has 0 aromatic rings. The Balaban J connectivity index is 4.32. The van der Waals surface area contributed by atoms with Crippen molar-refractivity contribution >= 4 is 6.21 Å². The van der Waals surface area contributed by atoms with Crippen LogP contribution in [-0.4, -0.2) is 16.6 Å². The molecule has 0 aromatic heterocycles. The van der Waals surface area contributed by atoms with Crippen molar-refractivity contribution in [2.45, 2.75) is 32.9 Å². The molecule has 0 bridgehead atoms. The number of rotatable bonds is 3. The molecule has 1 atom stereocenters. The first-order valence-corrected chi connectivity index (χ1v) is 3.34. The van der Waals surface area contributed by atoms with E-state index < -0.39 is 5.66 Å². The second-order valence-corrected chi connectivity index (χ2v) is 2.36. The Hall–Kier alpha value is -0.610. The zero-order valence-electron chi connectivity index (χ0n) is 6.72. The van der Waals surface area contributed by atoms with Crippen molar-refractivity contribution < 1.29 is 4.74 Å². The van der Waals surface area contributed by atoms with Crippen LogP contribution in [0.2, 0.25) is 0 Å². The smallest absolute Gasteiger partial charge is 0.235 e. The van der Waals surface area contributed by atoms with Crippen LogP contribution in [0.4, 0.5) is 0 Å². The van der Waals surface area contributed by atoms with Gasteiger partial charge in [0.25, 0.3) is 0 Å². The molecule has 0 aliphatic carbocycles. The summed E-state index contributed by atoms with van der Waals surface area (Å²) < 4.78 is 0.812. The summed E-state index contributed by atoms with van der Waals surface area (Å²) in [6.07, 6.45) is 2.11. The first kappa shape index (κ1) is 9.39. The van der Waals surface area contributed by atoms with Gasteiger partial charge in [-0.1, -0.05) is 6.92 Å². The predicted octanol–water partition coefficient (Wildman–Crippen LogP) is 0.177. The lowest BCUT2D eigenvalue weighted by Gasteiger charge is -2.25. The molecule has 4 heteroatoms. The van der Waals surface area contributed by atoms with Crippen molar-refractivity contribution in [3.05, 3.63) is 5.21 Å². The third-order valence-corrected chi connectivity index (χ3v) is 1.72. The molecule has 0 rings (SSSR count). The monoisotopic (exact) mass is 145 g/mol. The van der Waals surface area contributed by atoms with Gasteiger partial charge in [0.15, 0.2) is 0 Å². The van der Waals surface area contributed by atoms with Gasteiger partial charge in [-0.05, 0) is 0 Å². The van der Waals surface area contributed by atoms with E-state index in [4.69, 9.17) is 5.84 Å². The van der Waals surface area contributed by atoms with Crippen molar-refractivity contribution in [2.24, 2.45) is 5.84 Å². The van der Waals surface area contributed by atoms with Crippen LogP contribution in [0.1, 0.15) is 27.2 Å². The van der Waals surface area contributed by atoms with Gasteiger partial charge in [0.05, 0.1) is 0 Å². The van der Waals surface area contributed by atoms with Gasteiger partial charge in [0.1, 0.15) is 6.21 Å². The van der Waals surface area contributed by atoms with E-state index in [-0.39, 0.29) is 0 Å². The molecule has 0 aliphatic heterocycles. The standard InChI is InChI=1S/C6H15N3O/c1-4-6(3,8-7)9(10)5-2/h5,8H,4,7H2,1-3H3/b9-5-. The minimum atomic E-state index is -0.658. The fourth-order valence-corrected chi connectivity index (χ4v) is 0.606. The second kappa shape index (κ2) is 3.53. The highest BCUT2D eigenvalue weighted by Gasteiger charge is 2.27. The summed E-state index contributed by atoms with van der Waals surface area (Å²) in [6, 6.07) is 0. The summed E-state index contributed by atoms with van der Waals surface area (Å²) >= 11 is 0. The summed E-state index contributed by atoms with van der Waals surface area (Å²) in [5.41, 5.74) is 1.80. The molecule has 4 nitrogen and oxygen atoms in total. The number of nitrogens with one attached hydrogen (secondary N) is 1. The van der Waals surface area contributed by atoms with Gasteiger partial charge in [-0.2, -0.15) is 10.2 Å². The summed E-state index contributed by atoms with van der Waals surface area (Å²) in [5, 5.41) is 11.0. The highest BCUT2D eigenvalue weighted by Crippen LogP contribution is 2.06. The second-order valence-electron chi connectivity index (χ2n) is 2.36. The zero-order chi connectivity index (χ0) is 8.20. The van der Waals surface area contributed by atoms with Crippen molar-refractivity contribution in [3.63, 3.8) is 0 Å². The van der Waals surface area contributed by atoms with E-state index in [1.165, 1.54) is 6.21 Å². The molecular formula is C6H15N3O. The number of hydrogen-bond donors (Lipinski definition) is 2. The summed E-state index contributed by atoms with van der Waals surface area (Å²) in [7, 11) is 0. The van der Waals surface area contributed by atoms with E-state index in [2.05, 4.69) is 5.43 Å². The maximum Gasteiger partial charge on any atom is 0.235 e. The highest BCUT2D eigenvalue weighted by molar-refractivity contribution is 5.47. The maximum atomic E-state index is 11.0. The largest absolute Gasteiger partial charge is 0.623 e. The molecule has 60 valence electrons. The van der Waals surface area contributed by atoms with Gasteiger partial charge in [-0.15, -0.1) is 0 Å². The molecule has 1 unspecified atom stereocenters. The molecule has 0 saturated heterocycles. The quantitative estimate of drug-likeness (QED) is 0.149. The lowest BCUT2D eigenvalue weighted by atomic mass is 10.1. The van der Waals surface area contributed by atoms with Gasteiger partial charge in [-0.25, -0.2) is 0 Å². The van der Waals surface area contributed by atoms with E-state index in [0.717, 1.165) is 4.74 Å². The Morgan fingerprint density at radius 1 is 1.80 bits per heavy atom. The Labute approximate surface area is 61.3 Å². The van der Waals surface area contributed by atoms with Crippen LogP contribution >= 0.6 is 0 Å². The van der Waals surface area contributed by atoms with Gasteiger partial charge in [0.2, 0.25) is 5.66 Å². The Bertz CT molecular complexity index is 129. The molecule has 0 spiro atoms. The fourth-order valence-electron chi connectivity index (χ4n) is 0.606. The summed E-state index contributed by atoms with van der Waals surface area (Å²) in [4.78, 5) is 0. The van der Waals surface area contributed by atoms with Crippen LogP contribution in [0.5, 0.6) is 0 Å². The number of hydrogen-bond acceptors (Lipinski definition) is 3. The average molecular weight is 145 g/mol. The molecule has 0 radical (unpaired) electrons. The Morgan fingerprint density at radius 2 is 2.30 bits per heavy atom. The molecule has 10 heavy (non-hydrogen) atoms. The number of hydrazine groups is 1. The van der Waals surface area contributed by atoms with Crippen molar-refractivity contribution in [3.8, 4) is 0 Å². The fraction of sp³-hybridized carbons (Fsp3) is 0.833. The van der Waals surface area contributed by atoms with Crippen LogP contribution in [0, 0.1) is 5.21 Å². The van der Waals surface area contributed by atoms with Crippen LogP contribution in [0.15, 0.2) is 0 Å². The third-order valence-electron chi connectivity index (χ3n) is 1.72. The topological polar surface area (TPSA) is 64.1 Å². The van der Waals surface area contributed by atoms with Crippen LogP contribution in [0.3, 0.4) is 0 Å². The highest BCUT2D eigenvalue weighted by atomic mass is 16.5. The molecule has 0 saturated carbocycles. The predicted molar refractivity (Wildman–Crippen MR) is 41.4 cm³/mol. The van der Waals surface area contributed by atoms with Crippen molar-refractivity contribution in [2.75, 3.05) is 0 Å². The maximum absolute atomic E-state index is 11.0. The van der Waals surface area contributed by atoms with E-state index in [0.29, 0.717) is 6.42 Å². The van der Waals surface area contributed by atoms with E-state index in [1.807, 2.05) is 6.92 Å². The molecule has 0 heterocycles. The lowest BCUT2D eigenvalue weighted by molar-refractivity contribution is -0.551. The van der Waals surface area contributed by atoms with Gasteiger partial charge < -0.3 is 5.21 Å². The first-order valence-electron chi connectivity index (χ1n) is 3.34. The summed E-state index contributed by atoms with van der Waals surface area (Å²) in [5.74, 6) is 5.18. The third kappa shape index (κ3) is 1.68. The minimum Gasteiger partial charge on any atom is -0.623 e.